The van der Waals surface area contributed by atoms with Crippen LogP contribution in [0.3, 0.4) is 0 Å². The van der Waals surface area contributed by atoms with Gasteiger partial charge < -0.3 is 29.1 Å². The number of phosphoric acid groups is 1. The molecular formula is C52H97NO10P+. The Labute approximate surface area is 391 Å². The van der Waals surface area contributed by atoms with Crippen molar-refractivity contribution >= 4 is 19.8 Å². The van der Waals surface area contributed by atoms with Crippen molar-refractivity contribution < 1.29 is 52.3 Å². The fourth-order valence-electron chi connectivity index (χ4n) is 6.99. The summed E-state index contributed by atoms with van der Waals surface area (Å²) in [6, 6.07) is 0. The van der Waals surface area contributed by atoms with Crippen LogP contribution in [0.2, 0.25) is 0 Å². The van der Waals surface area contributed by atoms with Crippen molar-refractivity contribution in [2.75, 3.05) is 47.5 Å². The van der Waals surface area contributed by atoms with Crippen LogP contribution in [-0.4, -0.2) is 97.3 Å². The molecule has 0 amide bonds. The van der Waals surface area contributed by atoms with Crippen LogP contribution >= 0.6 is 7.82 Å². The van der Waals surface area contributed by atoms with Crippen molar-refractivity contribution in [3.8, 4) is 0 Å². The molecule has 0 rings (SSSR count). The lowest BCUT2D eigenvalue weighted by atomic mass is 10.0. The molecule has 4 atom stereocenters. The monoisotopic (exact) mass is 927 g/mol. The van der Waals surface area contributed by atoms with Gasteiger partial charge in [-0.2, -0.15) is 0 Å². The van der Waals surface area contributed by atoms with Crippen molar-refractivity contribution in [1.82, 2.24) is 0 Å². The number of esters is 2. The predicted octanol–water partition coefficient (Wildman–Crippen LogP) is 13.0. The third-order valence-corrected chi connectivity index (χ3v) is 12.1. The van der Waals surface area contributed by atoms with E-state index in [1.165, 1.54) is 109 Å². The summed E-state index contributed by atoms with van der Waals surface area (Å²) in [7, 11) is 1.33. The van der Waals surface area contributed by atoms with Crippen LogP contribution in [-0.2, 0) is 32.7 Å². The van der Waals surface area contributed by atoms with Crippen LogP contribution in [0.4, 0.5) is 0 Å². The second-order valence-corrected chi connectivity index (χ2v) is 20.1. The number of rotatable bonds is 46. The fraction of sp³-hybridized carbons (Fsp3) is 0.808. The number of phosphoric ester groups is 1. The Morgan fingerprint density at radius 1 is 0.547 bits per heavy atom. The van der Waals surface area contributed by atoms with Gasteiger partial charge in [-0.1, -0.05) is 210 Å². The Balaban J connectivity index is 4.43. The van der Waals surface area contributed by atoms with Gasteiger partial charge in [-0.3, -0.25) is 18.6 Å². The molecule has 11 nitrogen and oxygen atoms in total. The third-order valence-electron chi connectivity index (χ3n) is 11.1. The Bertz CT molecular complexity index is 1260. The van der Waals surface area contributed by atoms with Crippen molar-refractivity contribution in [1.29, 1.82) is 0 Å². The lowest BCUT2D eigenvalue weighted by molar-refractivity contribution is -0.870. The zero-order valence-corrected chi connectivity index (χ0v) is 42.4. The van der Waals surface area contributed by atoms with Gasteiger partial charge in [-0.15, -0.1) is 0 Å². The SMILES string of the molecule is CCCCCCCCCCCCCCCCCCCCCCCC(=O)OC[C@H](COP(=O)(O)OCC[N+](C)(C)C)OC(=O)CCC[C@H](O)/C=C/C=C\C/C=C\C=C\[C@H](O)CCCCC. The molecule has 12 heteroatoms. The predicted molar refractivity (Wildman–Crippen MR) is 264 cm³/mol. The number of ether oxygens (including phenoxy) is 2. The molecule has 0 heterocycles. The summed E-state index contributed by atoms with van der Waals surface area (Å²) in [5, 5.41) is 20.3. The summed E-state index contributed by atoms with van der Waals surface area (Å²) >= 11 is 0. The molecule has 0 aliphatic heterocycles. The van der Waals surface area contributed by atoms with E-state index in [9.17, 15) is 29.3 Å². The van der Waals surface area contributed by atoms with Crippen molar-refractivity contribution in [3.63, 3.8) is 0 Å². The Morgan fingerprint density at radius 3 is 1.44 bits per heavy atom. The first kappa shape index (κ1) is 61.9. The lowest BCUT2D eigenvalue weighted by Gasteiger charge is -2.24. The molecule has 0 aromatic rings. The fourth-order valence-corrected chi connectivity index (χ4v) is 7.74. The first-order chi connectivity index (χ1) is 30.8. The molecule has 0 spiro atoms. The quantitative estimate of drug-likeness (QED) is 0.0177. The molecule has 0 saturated carbocycles. The maximum Gasteiger partial charge on any atom is 0.472 e. The smallest absolute Gasteiger partial charge is 0.462 e. The second kappa shape index (κ2) is 43.5. The zero-order valence-electron chi connectivity index (χ0n) is 41.5. The molecule has 0 bridgehead atoms. The van der Waals surface area contributed by atoms with E-state index in [2.05, 4.69) is 13.8 Å². The maximum absolute atomic E-state index is 12.7. The Kier molecular flexibility index (Phi) is 42.0. The van der Waals surface area contributed by atoms with Gasteiger partial charge in [0.1, 0.15) is 19.8 Å². The summed E-state index contributed by atoms with van der Waals surface area (Å²) in [5.41, 5.74) is 0. The van der Waals surface area contributed by atoms with E-state index >= 15 is 0 Å². The molecular weight excluding hydrogens is 830 g/mol. The average molecular weight is 927 g/mol. The summed E-state index contributed by atoms with van der Waals surface area (Å²) in [5.74, 6) is -1.02. The van der Waals surface area contributed by atoms with E-state index in [0.717, 1.165) is 44.9 Å². The van der Waals surface area contributed by atoms with E-state index in [1.54, 1.807) is 18.2 Å². The van der Waals surface area contributed by atoms with Gasteiger partial charge in [0, 0.05) is 12.8 Å². The minimum absolute atomic E-state index is 0.00692. The number of quaternary nitrogens is 1. The van der Waals surface area contributed by atoms with Gasteiger partial charge in [-0.25, -0.2) is 4.57 Å². The first-order valence-corrected chi connectivity index (χ1v) is 27.1. The highest BCUT2D eigenvalue weighted by atomic mass is 31.2. The molecule has 0 aromatic heterocycles. The Morgan fingerprint density at radius 2 is 0.969 bits per heavy atom. The number of carbonyl (C=O) groups is 2. The van der Waals surface area contributed by atoms with Crippen LogP contribution in [0.1, 0.15) is 206 Å². The molecule has 0 saturated heterocycles. The highest BCUT2D eigenvalue weighted by molar-refractivity contribution is 7.47. The van der Waals surface area contributed by atoms with E-state index < -0.39 is 44.7 Å². The normalized spacial score (nSPS) is 14.8. The molecule has 0 radical (unpaired) electrons. The van der Waals surface area contributed by atoms with E-state index in [0.29, 0.717) is 36.7 Å². The number of hydrogen-bond donors (Lipinski definition) is 3. The second-order valence-electron chi connectivity index (χ2n) is 18.6. The summed E-state index contributed by atoms with van der Waals surface area (Å²) < 4.78 is 34.2. The molecule has 0 aromatic carbocycles. The number of aliphatic hydroxyl groups excluding tert-OH is 2. The van der Waals surface area contributed by atoms with E-state index in [4.69, 9.17) is 18.5 Å². The summed E-state index contributed by atoms with van der Waals surface area (Å²) in [6.07, 6.45) is 45.2. The van der Waals surface area contributed by atoms with Crippen LogP contribution in [0, 0.1) is 0 Å². The summed E-state index contributed by atoms with van der Waals surface area (Å²) in [6.45, 7) is 4.08. The van der Waals surface area contributed by atoms with Gasteiger partial charge >= 0.3 is 19.8 Å². The number of allylic oxidation sites excluding steroid dienone is 6. The van der Waals surface area contributed by atoms with Gasteiger partial charge in [-0.05, 0) is 32.1 Å². The van der Waals surface area contributed by atoms with Crippen LogP contribution in [0.15, 0.2) is 48.6 Å². The van der Waals surface area contributed by atoms with Gasteiger partial charge in [0.25, 0.3) is 0 Å². The van der Waals surface area contributed by atoms with E-state index in [-0.39, 0.29) is 26.1 Å². The maximum atomic E-state index is 12.7. The van der Waals surface area contributed by atoms with E-state index in [1.807, 2.05) is 51.5 Å². The molecule has 1 unspecified atom stereocenters. The number of aliphatic hydroxyl groups is 2. The van der Waals surface area contributed by atoms with Crippen LogP contribution in [0.25, 0.3) is 0 Å². The van der Waals surface area contributed by atoms with Crippen molar-refractivity contribution in [2.45, 2.75) is 225 Å². The third kappa shape index (κ3) is 46.4. The standard InChI is InChI=1S/C52H96NO10P/c1-6-8-10-11-12-13-14-15-16-17-18-19-20-21-22-23-24-25-29-32-36-42-51(56)60-46-50(47-62-64(58,59)61-45-44-53(3,4)5)63-52(57)43-37-41-49(55)40-35-31-28-26-27-30-34-39-48(54)38-33-9-7-2/h27-28,30-31,34-35,39-40,48-50,54-55H,6-26,29,32-33,36-38,41-47H2,1-5H3/p+1/b30-27-,31-28-,39-34+,40-35+/t48-,49-,50-/m1/s1. The number of unbranched alkanes of at least 4 members (excludes halogenated alkanes) is 22. The van der Waals surface area contributed by atoms with Crippen molar-refractivity contribution in [3.05, 3.63) is 48.6 Å². The first-order valence-electron chi connectivity index (χ1n) is 25.6. The minimum atomic E-state index is -4.44. The van der Waals surface area contributed by atoms with Crippen molar-refractivity contribution in [2.24, 2.45) is 0 Å². The number of hydrogen-bond acceptors (Lipinski definition) is 9. The molecule has 374 valence electrons. The summed E-state index contributed by atoms with van der Waals surface area (Å²) in [4.78, 5) is 35.5. The molecule has 0 aliphatic carbocycles. The van der Waals surface area contributed by atoms with Gasteiger partial charge in [0.15, 0.2) is 6.10 Å². The molecule has 3 N–H and O–H groups in total. The number of nitrogens with zero attached hydrogens (tertiary/aromatic N) is 1. The number of likely N-dealkylation sites (N-methyl/N-ethyl adjacent to an activating group) is 1. The van der Waals surface area contributed by atoms with Crippen LogP contribution < -0.4 is 0 Å². The molecule has 0 fully saturated rings. The van der Waals surface area contributed by atoms with Gasteiger partial charge in [0.05, 0.1) is 40.0 Å². The topological polar surface area (TPSA) is 149 Å². The lowest BCUT2D eigenvalue weighted by Crippen LogP contribution is -2.37. The number of carbonyl (C=O) groups excluding carboxylic acids is 2. The van der Waals surface area contributed by atoms with Crippen LogP contribution in [0.5, 0.6) is 0 Å². The highest BCUT2D eigenvalue weighted by Gasteiger charge is 2.27. The van der Waals surface area contributed by atoms with Gasteiger partial charge in [0.2, 0.25) is 0 Å². The largest absolute Gasteiger partial charge is 0.472 e. The average Bonchev–Trinajstić information content (AvgIpc) is 3.24. The minimum Gasteiger partial charge on any atom is -0.462 e. The highest BCUT2D eigenvalue weighted by Crippen LogP contribution is 2.43. The molecule has 0 aliphatic rings. The molecule has 64 heavy (non-hydrogen) atoms. The zero-order chi connectivity index (χ0) is 47.4. The Hall–Kier alpha value is -2.11.